The molecule has 0 aliphatic rings. The second-order valence-electron chi connectivity index (χ2n) is 7.88. The largest absolute Gasteiger partial charge is 0.352 e. The van der Waals surface area contributed by atoms with Gasteiger partial charge < -0.3 is 10.6 Å². The number of hydrogen-bond acceptors (Lipinski definition) is 5. The van der Waals surface area contributed by atoms with Crippen LogP contribution in [0, 0.1) is 5.82 Å². The fraction of sp³-hybridized carbons (Fsp3) is 0.200. The molecule has 0 fully saturated rings. The Kier molecular flexibility index (Phi) is 7.51. The van der Waals surface area contributed by atoms with Gasteiger partial charge in [-0.25, -0.2) is 9.18 Å². The smallest absolute Gasteiger partial charge is 0.332 e. The van der Waals surface area contributed by atoms with Crippen molar-refractivity contribution in [2.24, 2.45) is 0 Å². The quantitative estimate of drug-likeness (QED) is 0.373. The van der Waals surface area contributed by atoms with Crippen LogP contribution in [0.15, 0.2) is 75.6 Å². The molecule has 2 amide bonds. The van der Waals surface area contributed by atoms with Gasteiger partial charge in [0.15, 0.2) is 0 Å². The number of rotatable bonds is 9. The van der Waals surface area contributed by atoms with Gasteiger partial charge in [0.05, 0.1) is 5.52 Å². The van der Waals surface area contributed by atoms with Crippen molar-refractivity contribution in [3.8, 4) is 0 Å². The van der Waals surface area contributed by atoms with Gasteiger partial charge in [-0.2, -0.15) is 0 Å². The number of carbonyl (C=O) groups excluding carboxylic acids is 2. The normalized spacial score (nSPS) is 10.9. The molecule has 0 radical (unpaired) electrons. The molecule has 4 rings (SSSR count). The lowest BCUT2D eigenvalue weighted by atomic mass is 10.2. The Morgan fingerprint density at radius 1 is 0.914 bits per heavy atom. The molecule has 35 heavy (non-hydrogen) atoms. The highest BCUT2D eigenvalue weighted by atomic mass is 32.1. The number of nitrogens with zero attached hydrogens (tertiary/aromatic N) is 2. The molecule has 0 atom stereocenters. The average molecular weight is 495 g/mol. The monoisotopic (exact) mass is 494 g/mol. The van der Waals surface area contributed by atoms with Gasteiger partial charge in [0.1, 0.15) is 17.1 Å². The van der Waals surface area contributed by atoms with Crippen molar-refractivity contribution in [2.75, 3.05) is 5.32 Å². The molecule has 0 saturated heterocycles. The summed E-state index contributed by atoms with van der Waals surface area (Å²) in [7, 11) is 0. The van der Waals surface area contributed by atoms with E-state index in [1.165, 1.54) is 40.2 Å². The summed E-state index contributed by atoms with van der Waals surface area (Å²) in [5.41, 5.74) is 0.665. The second-order valence-corrected chi connectivity index (χ2v) is 8.80. The molecular formula is C25H23FN4O4S. The van der Waals surface area contributed by atoms with Crippen LogP contribution < -0.4 is 21.9 Å². The van der Waals surface area contributed by atoms with Crippen LogP contribution in [0.1, 0.15) is 18.4 Å². The van der Waals surface area contributed by atoms with Gasteiger partial charge >= 0.3 is 5.69 Å². The van der Waals surface area contributed by atoms with Crippen LogP contribution in [0.2, 0.25) is 0 Å². The number of carbonyl (C=O) groups is 2. The molecule has 0 aliphatic heterocycles. The van der Waals surface area contributed by atoms with Gasteiger partial charge in [-0.15, -0.1) is 11.3 Å². The maximum absolute atomic E-state index is 13.1. The third-order valence-corrected chi connectivity index (χ3v) is 6.28. The summed E-state index contributed by atoms with van der Waals surface area (Å²) in [6.07, 6.45) is 0.431. The molecule has 0 saturated carbocycles. The number of halogens is 1. The van der Waals surface area contributed by atoms with E-state index in [0.29, 0.717) is 22.4 Å². The Morgan fingerprint density at radius 2 is 1.66 bits per heavy atom. The fourth-order valence-corrected chi connectivity index (χ4v) is 4.49. The molecule has 10 heteroatoms. The lowest BCUT2D eigenvalue weighted by Crippen LogP contribution is -2.41. The summed E-state index contributed by atoms with van der Waals surface area (Å²) in [5, 5.41) is 7.12. The van der Waals surface area contributed by atoms with Crippen LogP contribution in [-0.4, -0.2) is 20.9 Å². The van der Waals surface area contributed by atoms with E-state index in [1.54, 1.807) is 11.4 Å². The second kappa shape index (κ2) is 10.9. The number of aromatic nitrogens is 2. The maximum atomic E-state index is 13.1. The zero-order valence-corrected chi connectivity index (χ0v) is 19.5. The summed E-state index contributed by atoms with van der Waals surface area (Å²) in [6, 6.07) is 16.4. The number of anilines is 1. The van der Waals surface area contributed by atoms with Gasteiger partial charge in [-0.05, 0) is 47.7 Å². The van der Waals surface area contributed by atoms with Crippen molar-refractivity contribution in [3.05, 3.63) is 98.3 Å². The van der Waals surface area contributed by atoms with Crippen LogP contribution in [0.3, 0.4) is 0 Å². The van der Waals surface area contributed by atoms with Gasteiger partial charge in [0.25, 0.3) is 5.56 Å². The minimum atomic E-state index is -0.625. The van der Waals surface area contributed by atoms with Gasteiger partial charge in [0, 0.05) is 25.2 Å². The Labute approximate surface area is 203 Å². The standard InChI is InChI=1S/C25H23FN4O4S/c26-18-8-10-19(11-9-18)28-22(32)16-30-20-12-14-35-23(20)24(33)29(25(30)34)13-4-7-21(31)27-15-17-5-2-1-3-6-17/h1-3,5-6,8-12,14H,4,7,13,15-16H2,(H,27,31)(H,28,32). The summed E-state index contributed by atoms with van der Waals surface area (Å²) in [4.78, 5) is 50.8. The first-order chi connectivity index (χ1) is 16.9. The maximum Gasteiger partial charge on any atom is 0.332 e. The highest BCUT2D eigenvalue weighted by Crippen LogP contribution is 2.16. The van der Waals surface area contributed by atoms with Crippen LogP contribution >= 0.6 is 11.3 Å². The van der Waals surface area contributed by atoms with Crippen LogP contribution in [0.4, 0.5) is 10.1 Å². The molecule has 2 aromatic carbocycles. The SMILES string of the molecule is O=C(CCCn1c(=O)c2sccc2n(CC(=O)Nc2ccc(F)cc2)c1=O)NCc1ccccc1. The molecule has 180 valence electrons. The first-order valence-corrected chi connectivity index (χ1v) is 11.9. The highest BCUT2D eigenvalue weighted by molar-refractivity contribution is 7.17. The van der Waals surface area contributed by atoms with E-state index in [4.69, 9.17) is 0 Å². The van der Waals surface area contributed by atoms with E-state index >= 15 is 0 Å². The summed E-state index contributed by atoms with van der Waals surface area (Å²) in [6.45, 7) is 0.127. The molecule has 0 bridgehead atoms. The minimum Gasteiger partial charge on any atom is -0.352 e. The van der Waals surface area contributed by atoms with Crippen LogP contribution in [-0.2, 0) is 29.2 Å². The van der Waals surface area contributed by atoms with Crippen LogP contribution in [0.5, 0.6) is 0 Å². The molecule has 2 N–H and O–H groups in total. The van der Waals surface area contributed by atoms with E-state index in [2.05, 4.69) is 10.6 Å². The summed E-state index contributed by atoms with van der Waals surface area (Å²) < 4.78 is 15.8. The molecule has 4 aromatic rings. The fourth-order valence-electron chi connectivity index (χ4n) is 3.64. The Hall–Kier alpha value is -4.05. The van der Waals surface area contributed by atoms with Gasteiger partial charge in [-0.3, -0.25) is 23.5 Å². The Morgan fingerprint density at radius 3 is 2.40 bits per heavy atom. The van der Waals surface area contributed by atoms with E-state index in [9.17, 15) is 23.6 Å². The topological polar surface area (TPSA) is 102 Å². The van der Waals surface area contributed by atoms with Gasteiger partial charge in [-0.1, -0.05) is 30.3 Å². The molecule has 0 unspecified atom stereocenters. The molecular weight excluding hydrogens is 471 g/mol. The number of amides is 2. The van der Waals surface area contributed by atoms with E-state index in [1.807, 2.05) is 30.3 Å². The van der Waals surface area contributed by atoms with Crippen molar-refractivity contribution in [3.63, 3.8) is 0 Å². The summed E-state index contributed by atoms with van der Waals surface area (Å²) in [5.74, 6) is -1.10. The van der Waals surface area contributed by atoms with E-state index in [0.717, 1.165) is 10.1 Å². The molecule has 2 aromatic heterocycles. The number of thiophene rings is 1. The predicted octanol–water partition coefficient (Wildman–Crippen LogP) is 3.10. The highest BCUT2D eigenvalue weighted by Gasteiger charge is 2.17. The number of hydrogen-bond donors (Lipinski definition) is 2. The molecule has 8 nitrogen and oxygen atoms in total. The van der Waals surface area contributed by atoms with E-state index < -0.39 is 23.0 Å². The van der Waals surface area contributed by atoms with E-state index in [-0.39, 0.29) is 31.8 Å². The van der Waals surface area contributed by atoms with Crippen molar-refractivity contribution in [1.82, 2.24) is 14.5 Å². The number of fused-ring (bicyclic) bond motifs is 1. The third-order valence-electron chi connectivity index (χ3n) is 5.38. The average Bonchev–Trinajstić information content (AvgIpc) is 3.35. The number of nitrogens with one attached hydrogen (secondary N) is 2. The van der Waals surface area contributed by atoms with Gasteiger partial charge in [0.2, 0.25) is 11.8 Å². The van der Waals surface area contributed by atoms with Crippen LogP contribution in [0.25, 0.3) is 10.2 Å². The zero-order chi connectivity index (χ0) is 24.8. The molecule has 0 aliphatic carbocycles. The van der Waals surface area contributed by atoms with Crippen molar-refractivity contribution >= 4 is 39.1 Å². The zero-order valence-electron chi connectivity index (χ0n) is 18.7. The molecule has 2 heterocycles. The lowest BCUT2D eigenvalue weighted by molar-refractivity contribution is -0.121. The predicted molar refractivity (Wildman–Crippen MR) is 133 cm³/mol. The molecule has 0 spiro atoms. The number of benzene rings is 2. The lowest BCUT2D eigenvalue weighted by Gasteiger charge is -2.12. The Balaban J connectivity index is 1.45. The van der Waals surface area contributed by atoms with Crippen molar-refractivity contribution < 1.29 is 14.0 Å². The Bertz CT molecular complexity index is 1460. The van der Waals surface area contributed by atoms with Crippen molar-refractivity contribution in [2.45, 2.75) is 32.5 Å². The first kappa shape index (κ1) is 24.1. The minimum absolute atomic E-state index is 0.0455. The summed E-state index contributed by atoms with van der Waals surface area (Å²) >= 11 is 1.18. The third kappa shape index (κ3) is 5.90. The first-order valence-electron chi connectivity index (χ1n) is 11.0. The van der Waals surface area contributed by atoms with Crippen molar-refractivity contribution in [1.29, 1.82) is 0 Å².